The molecule has 1 aromatic carbocycles. The number of hydrogen-bond donors (Lipinski definition) is 1. The molecule has 1 N–H and O–H groups in total. The largest absolute Gasteiger partial charge is 0.326 e. The van der Waals surface area contributed by atoms with Crippen molar-refractivity contribution in [2.45, 2.75) is 39.0 Å². The Morgan fingerprint density at radius 3 is 2.78 bits per heavy atom. The van der Waals surface area contributed by atoms with Crippen LogP contribution >= 0.6 is 0 Å². The molecule has 2 aliphatic rings. The monoisotopic (exact) mass is 243 g/mol. The van der Waals surface area contributed by atoms with E-state index in [4.69, 9.17) is 0 Å². The molecule has 2 bridgehead atoms. The van der Waals surface area contributed by atoms with Gasteiger partial charge in [-0.2, -0.15) is 0 Å². The van der Waals surface area contributed by atoms with Gasteiger partial charge in [-0.15, -0.1) is 0 Å². The van der Waals surface area contributed by atoms with Crippen molar-refractivity contribution in [1.29, 1.82) is 0 Å². The zero-order valence-electron chi connectivity index (χ0n) is 11.0. The quantitative estimate of drug-likeness (QED) is 0.863. The number of carbonyl (C=O) groups excluding carboxylic acids is 1. The van der Waals surface area contributed by atoms with Crippen molar-refractivity contribution in [3.8, 4) is 0 Å². The number of hydrogen-bond acceptors (Lipinski definition) is 1. The van der Waals surface area contributed by atoms with Gasteiger partial charge in [-0.25, -0.2) is 0 Å². The van der Waals surface area contributed by atoms with E-state index in [0.717, 1.165) is 24.4 Å². The standard InChI is InChI=1S/C16H21NO/c1-2-12-5-3-4-6-15(12)17-16(18)14-10-11-7-8-13(14)9-11/h3-6,11,13-14H,2,7-10H2,1H3,(H,17,18)/t11-,13+,14+/m1/s1. The van der Waals surface area contributed by atoms with E-state index in [0.29, 0.717) is 5.92 Å². The SMILES string of the molecule is CCc1ccccc1NC(=O)[C@H]1C[C@@H]2CC[C@H]1C2. The topological polar surface area (TPSA) is 29.1 Å². The molecule has 0 spiro atoms. The van der Waals surface area contributed by atoms with Crippen LogP contribution in [0.25, 0.3) is 0 Å². The van der Waals surface area contributed by atoms with Crippen LogP contribution in [-0.4, -0.2) is 5.91 Å². The van der Waals surface area contributed by atoms with Crippen LogP contribution < -0.4 is 5.32 Å². The van der Waals surface area contributed by atoms with Crippen LogP contribution in [0.15, 0.2) is 24.3 Å². The molecule has 0 aromatic heterocycles. The minimum Gasteiger partial charge on any atom is -0.326 e. The van der Waals surface area contributed by atoms with Crippen molar-refractivity contribution < 1.29 is 4.79 Å². The number of fused-ring (bicyclic) bond motifs is 2. The lowest BCUT2D eigenvalue weighted by Gasteiger charge is -2.21. The van der Waals surface area contributed by atoms with Crippen LogP contribution in [-0.2, 0) is 11.2 Å². The van der Waals surface area contributed by atoms with E-state index in [2.05, 4.69) is 18.3 Å². The van der Waals surface area contributed by atoms with Crippen molar-refractivity contribution in [1.82, 2.24) is 0 Å². The van der Waals surface area contributed by atoms with Gasteiger partial charge in [0.1, 0.15) is 0 Å². The summed E-state index contributed by atoms with van der Waals surface area (Å²) in [5, 5.41) is 3.15. The summed E-state index contributed by atoms with van der Waals surface area (Å²) in [6.45, 7) is 2.13. The Labute approximate surface area is 109 Å². The molecule has 1 aromatic rings. The summed E-state index contributed by atoms with van der Waals surface area (Å²) in [5.41, 5.74) is 2.24. The third-order valence-corrected chi connectivity index (χ3v) is 4.73. The molecule has 1 amide bonds. The lowest BCUT2D eigenvalue weighted by Crippen LogP contribution is -2.27. The number of amides is 1. The van der Waals surface area contributed by atoms with Crippen molar-refractivity contribution >= 4 is 11.6 Å². The summed E-state index contributed by atoms with van der Waals surface area (Å²) in [5.74, 6) is 2.01. The predicted molar refractivity (Wildman–Crippen MR) is 73.4 cm³/mol. The number of carbonyl (C=O) groups is 1. The first-order valence-corrected chi connectivity index (χ1v) is 7.16. The maximum Gasteiger partial charge on any atom is 0.227 e. The highest BCUT2D eigenvalue weighted by atomic mass is 16.1. The van der Waals surface area contributed by atoms with Gasteiger partial charge in [0.25, 0.3) is 0 Å². The van der Waals surface area contributed by atoms with Crippen LogP contribution in [0.3, 0.4) is 0 Å². The summed E-state index contributed by atoms with van der Waals surface area (Å²) in [4.78, 5) is 12.4. The molecule has 0 radical (unpaired) electrons. The van der Waals surface area contributed by atoms with Crippen LogP contribution in [0.2, 0.25) is 0 Å². The van der Waals surface area contributed by atoms with Gasteiger partial charge >= 0.3 is 0 Å². The summed E-state index contributed by atoms with van der Waals surface area (Å²) in [6.07, 6.45) is 5.98. The van der Waals surface area contributed by atoms with Gasteiger partial charge in [-0.05, 0) is 49.1 Å². The maximum atomic E-state index is 12.4. The molecular weight excluding hydrogens is 222 g/mol. The fourth-order valence-electron chi connectivity index (χ4n) is 3.74. The lowest BCUT2D eigenvalue weighted by atomic mass is 9.88. The highest BCUT2D eigenvalue weighted by molar-refractivity contribution is 5.93. The molecule has 2 saturated carbocycles. The number of aryl methyl sites for hydroxylation is 1. The molecule has 0 unspecified atom stereocenters. The lowest BCUT2D eigenvalue weighted by molar-refractivity contribution is -0.121. The minimum atomic E-state index is 0.253. The van der Waals surface area contributed by atoms with Gasteiger partial charge < -0.3 is 5.32 Å². The Hall–Kier alpha value is -1.31. The van der Waals surface area contributed by atoms with E-state index in [-0.39, 0.29) is 11.8 Å². The van der Waals surface area contributed by atoms with Gasteiger partial charge in [-0.1, -0.05) is 31.5 Å². The van der Waals surface area contributed by atoms with E-state index >= 15 is 0 Å². The highest BCUT2D eigenvalue weighted by Crippen LogP contribution is 2.48. The van der Waals surface area contributed by atoms with Gasteiger partial charge in [0.2, 0.25) is 5.91 Å². The number of rotatable bonds is 3. The van der Waals surface area contributed by atoms with Crippen LogP contribution in [0.1, 0.15) is 38.2 Å². The van der Waals surface area contributed by atoms with Crippen LogP contribution in [0, 0.1) is 17.8 Å². The van der Waals surface area contributed by atoms with Crippen molar-refractivity contribution in [3.63, 3.8) is 0 Å². The predicted octanol–water partition coefficient (Wildman–Crippen LogP) is 3.62. The smallest absolute Gasteiger partial charge is 0.227 e. The second kappa shape index (κ2) is 4.75. The summed E-state index contributed by atoms with van der Waals surface area (Å²) in [6, 6.07) is 8.14. The fourth-order valence-corrected chi connectivity index (χ4v) is 3.74. The zero-order valence-corrected chi connectivity index (χ0v) is 11.0. The summed E-state index contributed by atoms with van der Waals surface area (Å²) >= 11 is 0. The molecule has 2 heteroatoms. The molecule has 18 heavy (non-hydrogen) atoms. The Morgan fingerprint density at radius 2 is 2.11 bits per heavy atom. The minimum absolute atomic E-state index is 0.253. The Morgan fingerprint density at radius 1 is 1.28 bits per heavy atom. The second-order valence-electron chi connectivity index (χ2n) is 5.78. The first kappa shape index (κ1) is 11.8. The normalized spacial score (nSPS) is 29.5. The molecule has 2 aliphatic carbocycles. The van der Waals surface area contributed by atoms with Crippen molar-refractivity contribution in [3.05, 3.63) is 29.8 Å². The summed E-state index contributed by atoms with van der Waals surface area (Å²) in [7, 11) is 0. The zero-order chi connectivity index (χ0) is 12.5. The Balaban J connectivity index is 1.71. The van der Waals surface area contributed by atoms with Crippen LogP contribution in [0.4, 0.5) is 5.69 Å². The Kier molecular flexibility index (Phi) is 3.11. The van der Waals surface area contributed by atoms with E-state index in [1.807, 2.05) is 18.2 Å². The first-order valence-electron chi connectivity index (χ1n) is 7.16. The number of benzene rings is 1. The van der Waals surface area contributed by atoms with Gasteiger partial charge in [0, 0.05) is 11.6 Å². The molecule has 0 heterocycles. The fraction of sp³-hybridized carbons (Fsp3) is 0.562. The Bertz CT molecular complexity index is 454. The number of para-hydroxylation sites is 1. The van der Waals surface area contributed by atoms with Gasteiger partial charge in [0.15, 0.2) is 0 Å². The van der Waals surface area contributed by atoms with E-state index < -0.39 is 0 Å². The average Bonchev–Trinajstić information content (AvgIpc) is 3.01. The molecule has 3 rings (SSSR count). The molecule has 96 valence electrons. The van der Waals surface area contributed by atoms with Crippen molar-refractivity contribution in [2.75, 3.05) is 5.32 Å². The maximum absolute atomic E-state index is 12.4. The average molecular weight is 243 g/mol. The number of anilines is 1. The van der Waals surface area contributed by atoms with Crippen molar-refractivity contribution in [2.24, 2.45) is 17.8 Å². The summed E-state index contributed by atoms with van der Waals surface area (Å²) < 4.78 is 0. The number of nitrogens with one attached hydrogen (secondary N) is 1. The van der Waals surface area contributed by atoms with E-state index in [1.165, 1.54) is 24.8 Å². The molecule has 0 saturated heterocycles. The van der Waals surface area contributed by atoms with Crippen LogP contribution in [0.5, 0.6) is 0 Å². The highest BCUT2D eigenvalue weighted by Gasteiger charge is 2.43. The third-order valence-electron chi connectivity index (χ3n) is 4.73. The van der Waals surface area contributed by atoms with Gasteiger partial charge in [0.05, 0.1) is 0 Å². The first-order chi connectivity index (χ1) is 8.78. The molecule has 2 fully saturated rings. The molecule has 0 aliphatic heterocycles. The van der Waals surface area contributed by atoms with E-state index in [9.17, 15) is 4.79 Å². The molecule has 3 atom stereocenters. The third kappa shape index (κ3) is 2.05. The second-order valence-corrected chi connectivity index (χ2v) is 5.78. The van der Waals surface area contributed by atoms with Gasteiger partial charge in [-0.3, -0.25) is 4.79 Å². The molecular formula is C16H21NO. The molecule has 2 nitrogen and oxygen atoms in total. The van der Waals surface area contributed by atoms with E-state index in [1.54, 1.807) is 0 Å².